The van der Waals surface area contributed by atoms with Crippen LogP contribution in [0.1, 0.15) is 16.1 Å². The molecule has 0 aliphatic rings. The molecule has 2 rings (SSSR count). The topological polar surface area (TPSA) is 97.3 Å². The summed E-state index contributed by atoms with van der Waals surface area (Å²) in [5, 5.41) is 16.9. The molecule has 0 saturated carbocycles. The number of carbonyl (C=O) groups is 1. The minimum absolute atomic E-state index is 0.102. The number of hydrogen-bond donors (Lipinski definition) is 2. The first-order valence-corrected chi connectivity index (χ1v) is 6.79. The number of nitrogens with zero attached hydrogens (tertiary/aromatic N) is 4. The molecule has 0 aliphatic heterocycles. The number of aliphatic hydroxyl groups is 1. The molecule has 1 aromatic carbocycles. The van der Waals surface area contributed by atoms with Crippen molar-refractivity contribution in [2.24, 2.45) is 5.73 Å². The Morgan fingerprint density at radius 3 is 2.76 bits per heavy atom. The predicted octanol–water partition coefficient (Wildman–Crippen LogP) is -0.128. The van der Waals surface area contributed by atoms with Crippen LogP contribution in [0.15, 0.2) is 36.5 Å². The monoisotopic (exact) mass is 289 g/mol. The van der Waals surface area contributed by atoms with Gasteiger partial charge in [-0.3, -0.25) is 9.48 Å². The van der Waals surface area contributed by atoms with E-state index < -0.39 is 0 Å². The summed E-state index contributed by atoms with van der Waals surface area (Å²) in [6, 6.07) is 9.61. The van der Waals surface area contributed by atoms with Crippen molar-refractivity contribution < 1.29 is 9.90 Å². The van der Waals surface area contributed by atoms with Crippen molar-refractivity contribution >= 4 is 5.91 Å². The van der Waals surface area contributed by atoms with E-state index in [1.807, 2.05) is 30.3 Å². The normalized spacial score (nSPS) is 10.6. The molecule has 0 saturated heterocycles. The van der Waals surface area contributed by atoms with E-state index in [1.54, 1.807) is 11.1 Å². The van der Waals surface area contributed by atoms with Gasteiger partial charge < -0.3 is 15.7 Å². The second-order valence-corrected chi connectivity index (χ2v) is 4.59. The van der Waals surface area contributed by atoms with Gasteiger partial charge in [0.25, 0.3) is 5.91 Å². The van der Waals surface area contributed by atoms with E-state index in [-0.39, 0.29) is 24.8 Å². The molecule has 7 nitrogen and oxygen atoms in total. The molecule has 21 heavy (non-hydrogen) atoms. The summed E-state index contributed by atoms with van der Waals surface area (Å²) in [7, 11) is 0. The van der Waals surface area contributed by atoms with Gasteiger partial charge in [-0.1, -0.05) is 35.5 Å². The Balaban J connectivity index is 2.10. The third kappa shape index (κ3) is 4.11. The van der Waals surface area contributed by atoms with Crippen LogP contribution in [0.3, 0.4) is 0 Å². The molecule has 0 aliphatic carbocycles. The minimum atomic E-state index is -0.254. The lowest BCUT2D eigenvalue weighted by Gasteiger charge is -2.20. The molecular formula is C14H19N5O2. The first-order chi connectivity index (χ1) is 10.2. The van der Waals surface area contributed by atoms with Crippen LogP contribution in [0.2, 0.25) is 0 Å². The van der Waals surface area contributed by atoms with Crippen molar-refractivity contribution in [3.63, 3.8) is 0 Å². The second-order valence-electron chi connectivity index (χ2n) is 4.59. The van der Waals surface area contributed by atoms with Crippen molar-refractivity contribution in [3.05, 3.63) is 47.8 Å². The maximum absolute atomic E-state index is 12.4. The zero-order chi connectivity index (χ0) is 15.1. The van der Waals surface area contributed by atoms with Crippen molar-refractivity contribution in [2.45, 2.75) is 13.1 Å². The molecule has 7 heteroatoms. The fourth-order valence-electron chi connectivity index (χ4n) is 1.98. The van der Waals surface area contributed by atoms with E-state index in [4.69, 9.17) is 10.8 Å². The average Bonchev–Trinajstić information content (AvgIpc) is 2.96. The number of carbonyl (C=O) groups excluding carboxylic acids is 1. The lowest BCUT2D eigenvalue weighted by atomic mass is 10.2. The molecular weight excluding hydrogens is 270 g/mol. The van der Waals surface area contributed by atoms with Gasteiger partial charge in [-0.15, -0.1) is 5.10 Å². The second kappa shape index (κ2) is 7.51. The summed E-state index contributed by atoms with van der Waals surface area (Å²) in [6.45, 7) is 1.51. The number of amides is 1. The number of aliphatic hydroxyl groups excluding tert-OH is 1. The number of benzene rings is 1. The summed E-state index contributed by atoms with van der Waals surface area (Å²) in [5.41, 5.74) is 6.69. The van der Waals surface area contributed by atoms with E-state index in [0.29, 0.717) is 19.6 Å². The summed E-state index contributed by atoms with van der Waals surface area (Å²) < 4.78 is 1.53. The average molecular weight is 289 g/mol. The zero-order valence-electron chi connectivity index (χ0n) is 11.7. The first-order valence-electron chi connectivity index (χ1n) is 6.79. The lowest BCUT2D eigenvalue weighted by Crippen LogP contribution is -2.33. The molecule has 0 radical (unpaired) electrons. The van der Waals surface area contributed by atoms with E-state index in [2.05, 4.69) is 10.3 Å². The van der Waals surface area contributed by atoms with Gasteiger partial charge in [0.1, 0.15) is 0 Å². The highest BCUT2D eigenvalue weighted by molar-refractivity contribution is 5.91. The van der Waals surface area contributed by atoms with Gasteiger partial charge in [-0.05, 0) is 5.56 Å². The highest BCUT2D eigenvalue weighted by Crippen LogP contribution is 2.08. The van der Waals surface area contributed by atoms with Crippen LogP contribution >= 0.6 is 0 Å². The fourth-order valence-corrected chi connectivity index (χ4v) is 1.98. The van der Waals surface area contributed by atoms with Gasteiger partial charge in [0.15, 0.2) is 5.69 Å². The Kier molecular flexibility index (Phi) is 5.42. The summed E-state index contributed by atoms with van der Waals surface area (Å²) in [6.07, 6.45) is 1.57. The Labute approximate surface area is 123 Å². The number of aromatic nitrogens is 3. The molecule has 1 aromatic heterocycles. The summed E-state index contributed by atoms with van der Waals surface area (Å²) in [5.74, 6) is -0.254. The summed E-state index contributed by atoms with van der Waals surface area (Å²) >= 11 is 0. The van der Waals surface area contributed by atoms with Crippen molar-refractivity contribution in [2.75, 3.05) is 19.7 Å². The largest absolute Gasteiger partial charge is 0.395 e. The van der Waals surface area contributed by atoms with Gasteiger partial charge >= 0.3 is 0 Å². The first kappa shape index (κ1) is 15.1. The van der Waals surface area contributed by atoms with Crippen LogP contribution in [-0.2, 0) is 13.1 Å². The predicted molar refractivity (Wildman–Crippen MR) is 77.3 cm³/mol. The Morgan fingerprint density at radius 2 is 2.10 bits per heavy atom. The molecule has 1 amide bonds. The van der Waals surface area contributed by atoms with Crippen molar-refractivity contribution in [1.29, 1.82) is 0 Å². The molecule has 0 fully saturated rings. The highest BCUT2D eigenvalue weighted by Gasteiger charge is 2.19. The van der Waals surface area contributed by atoms with Gasteiger partial charge in [-0.25, -0.2) is 0 Å². The molecule has 3 N–H and O–H groups in total. The molecule has 0 unspecified atom stereocenters. The van der Waals surface area contributed by atoms with E-state index in [0.717, 1.165) is 5.56 Å². The van der Waals surface area contributed by atoms with Crippen molar-refractivity contribution in [1.82, 2.24) is 19.9 Å². The van der Waals surface area contributed by atoms with Crippen LogP contribution < -0.4 is 5.73 Å². The molecule has 2 aromatic rings. The number of nitrogens with two attached hydrogens (primary N) is 1. The third-order valence-electron chi connectivity index (χ3n) is 2.99. The van der Waals surface area contributed by atoms with Gasteiger partial charge in [0.2, 0.25) is 0 Å². The number of hydrogen-bond acceptors (Lipinski definition) is 5. The Hall–Kier alpha value is -2.25. The zero-order valence-corrected chi connectivity index (χ0v) is 11.7. The van der Waals surface area contributed by atoms with Crippen LogP contribution in [0.25, 0.3) is 0 Å². The highest BCUT2D eigenvalue weighted by atomic mass is 16.3. The molecule has 0 bridgehead atoms. The standard InChI is InChI=1S/C14H19N5O2/c15-6-7-19-11-13(16-17-19)14(21)18(8-9-20)10-12-4-2-1-3-5-12/h1-5,11,20H,6-10,15H2. The molecule has 0 atom stereocenters. The Morgan fingerprint density at radius 1 is 1.33 bits per heavy atom. The van der Waals surface area contributed by atoms with Crippen LogP contribution in [-0.4, -0.2) is 50.6 Å². The van der Waals surface area contributed by atoms with Gasteiger partial charge in [0, 0.05) is 19.6 Å². The van der Waals surface area contributed by atoms with Gasteiger partial charge in [0.05, 0.1) is 19.3 Å². The van der Waals surface area contributed by atoms with E-state index in [9.17, 15) is 4.79 Å². The van der Waals surface area contributed by atoms with Crippen molar-refractivity contribution in [3.8, 4) is 0 Å². The van der Waals surface area contributed by atoms with E-state index in [1.165, 1.54) is 4.68 Å². The maximum atomic E-state index is 12.4. The van der Waals surface area contributed by atoms with Crippen LogP contribution in [0.5, 0.6) is 0 Å². The fraction of sp³-hybridized carbons (Fsp3) is 0.357. The Bertz CT molecular complexity index is 570. The SMILES string of the molecule is NCCn1cc(C(=O)N(CCO)Cc2ccccc2)nn1. The van der Waals surface area contributed by atoms with Gasteiger partial charge in [-0.2, -0.15) is 0 Å². The van der Waals surface area contributed by atoms with Crippen LogP contribution in [0.4, 0.5) is 0 Å². The molecule has 112 valence electrons. The minimum Gasteiger partial charge on any atom is -0.395 e. The smallest absolute Gasteiger partial charge is 0.276 e. The lowest BCUT2D eigenvalue weighted by molar-refractivity contribution is 0.0702. The summed E-state index contributed by atoms with van der Waals surface area (Å²) in [4.78, 5) is 14.0. The molecule has 0 spiro atoms. The molecule has 1 heterocycles. The number of rotatable bonds is 7. The van der Waals surface area contributed by atoms with Crippen LogP contribution in [0, 0.1) is 0 Å². The quantitative estimate of drug-likeness (QED) is 0.740. The van der Waals surface area contributed by atoms with E-state index >= 15 is 0 Å². The maximum Gasteiger partial charge on any atom is 0.276 e. The third-order valence-corrected chi connectivity index (χ3v) is 2.99.